The zero-order valence-corrected chi connectivity index (χ0v) is 26.8. The first kappa shape index (κ1) is 26.2. The van der Waals surface area contributed by atoms with E-state index < -0.39 is 5.41 Å². The summed E-state index contributed by atoms with van der Waals surface area (Å²) in [4.78, 5) is 2.54. The van der Waals surface area contributed by atoms with Crippen LogP contribution in [0.5, 0.6) is 0 Å². The van der Waals surface area contributed by atoms with E-state index >= 15 is 0 Å². The van der Waals surface area contributed by atoms with Crippen LogP contribution in [-0.4, -0.2) is 0 Å². The first-order valence-electron chi connectivity index (χ1n) is 16.9. The van der Waals surface area contributed by atoms with Gasteiger partial charge < -0.3 is 9.32 Å². The lowest BCUT2D eigenvalue weighted by Gasteiger charge is -2.43. The van der Waals surface area contributed by atoms with Gasteiger partial charge in [0.05, 0.1) is 22.5 Å². The number of nitrogens with zero attached hydrogens (tertiary/aromatic N) is 1. The topological polar surface area (TPSA) is 16.4 Å². The predicted molar refractivity (Wildman–Crippen MR) is 197 cm³/mol. The molecule has 2 heterocycles. The molecule has 7 aromatic carbocycles. The van der Waals surface area contributed by atoms with Gasteiger partial charge in [0.15, 0.2) is 5.58 Å². The summed E-state index contributed by atoms with van der Waals surface area (Å²) in [6.07, 6.45) is 0. The SMILES string of the molecule is CC1(C)c2ccccc2N(c2c3c(cc4c2oc2ccccc24)-c2ccccc2C32c3ccccc3-c3ccccc32)c2ccccc21. The Morgan fingerprint density at radius 3 is 1.50 bits per heavy atom. The number of benzene rings is 7. The van der Waals surface area contributed by atoms with Crippen LogP contribution in [-0.2, 0) is 10.8 Å². The normalized spacial score (nSPS) is 15.6. The zero-order valence-electron chi connectivity index (χ0n) is 26.8. The standard InChI is InChI=1S/C46H31NO/c1-45(2)37-22-10-12-24-39(37)47(40-25-13-11-23-38(40)45)43-42-32(27-33-31-18-6-14-26-41(31)48-44(33)43)30-17-5-9-21-36(30)46(42)34-19-7-3-15-28(34)29-16-4-8-20-35(29)46/h3-27H,1-2H3. The molecule has 2 nitrogen and oxygen atoms in total. The largest absolute Gasteiger partial charge is 0.454 e. The van der Waals surface area contributed by atoms with E-state index in [1.54, 1.807) is 0 Å². The Labute approximate surface area is 279 Å². The second-order valence-electron chi connectivity index (χ2n) is 14.0. The molecule has 3 aliphatic rings. The van der Waals surface area contributed by atoms with Crippen molar-refractivity contribution in [3.8, 4) is 22.3 Å². The van der Waals surface area contributed by atoms with Crippen molar-refractivity contribution in [2.75, 3.05) is 4.90 Å². The Balaban J connectivity index is 1.41. The first-order valence-corrected chi connectivity index (χ1v) is 16.9. The number of anilines is 3. The summed E-state index contributed by atoms with van der Waals surface area (Å²) < 4.78 is 7.08. The molecule has 2 heteroatoms. The molecule has 0 amide bonds. The molecule has 0 saturated carbocycles. The van der Waals surface area contributed by atoms with E-state index in [2.05, 4.69) is 170 Å². The minimum Gasteiger partial charge on any atom is -0.454 e. The molecule has 1 aliphatic heterocycles. The van der Waals surface area contributed by atoms with Gasteiger partial charge in [-0.25, -0.2) is 0 Å². The van der Waals surface area contributed by atoms with Crippen LogP contribution in [0.15, 0.2) is 156 Å². The van der Waals surface area contributed by atoms with Crippen LogP contribution in [0.3, 0.4) is 0 Å². The predicted octanol–water partition coefficient (Wildman–Crippen LogP) is 12.0. The third-order valence-corrected chi connectivity index (χ3v) is 11.5. The number of hydrogen-bond donors (Lipinski definition) is 0. The number of furan rings is 1. The maximum Gasteiger partial charge on any atom is 0.159 e. The molecule has 0 saturated heterocycles. The van der Waals surface area contributed by atoms with E-state index in [-0.39, 0.29) is 5.41 Å². The molecule has 0 unspecified atom stereocenters. The van der Waals surface area contributed by atoms with Gasteiger partial charge in [-0.3, -0.25) is 0 Å². The summed E-state index contributed by atoms with van der Waals surface area (Å²) in [6.45, 7) is 4.71. The number of fused-ring (bicyclic) bond motifs is 15. The van der Waals surface area contributed by atoms with Crippen molar-refractivity contribution in [3.63, 3.8) is 0 Å². The van der Waals surface area contributed by atoms with Gasteiger partial charge in [-0.2, -0.15) is 0 Å². The van der Waals surface area contributed by atoms with Crippen molar-refractivity contribution in [1.82, 2.24) is 0 Å². The van der Waals surface area contributed by atoms with Crippen molar-refractivity contribution in [3.05, 3.63) is 185 Å². The molecule has 0 fully saturated rings. The van der Waals surface area contributed by atoms with Crippen molar-refractivity contribution in [2.45, 2.75) is 24.7 Å². The molecule has 8 aromatic rings. The number of para-hydroxylation sites is 3. The quantitative estimate of drug-likeness (QED) is 0.183. The maximum absolute atomic E-state index is 7.08. The molecule has 226 valence electrons. The minimum atomic E-state index is -0.529. The summed E-state index contributed by atoms with van der Waals surface area (Å²) in [5, 5.41) is 2.28. The Kier molecular flexibility index (Phi) is 4.88. The second-order valence-corrected chi connectivity index (χ2v) is 14.0. The van der Waals surface area contributed by atoms with Crippen LogP contribution in [0.1, 0.15) is 47.2 Å². The molecule has 11 rings (SSSR count). The highest BCUT2D eigenvalue weighted by Crippen LogP contribution is 2.67. The molecule has 2 aliphatic carbocycles. The van der Waals surface area contributed by atoms with Gasteiger partial charge in [0.25, 0.3) is 0 Å². The average Bonchev–Trinajstić information content (AvgIpc) is 3.76. The molecule has 0 radical (unpaired) electrons. The van der Waals surface area contributed by atoms with E-state index in [1.807, 2.05) is 0 Å². The van der Waals surface area contributed by atoms with Crippen molar-refractivity contribution >= 4 is 39.0 Å². The maximum atomic E-state index is 7.08. The van der Waals surface area contributed by atoms with Crippen molar-refractivity contribution < 1.29 is 4.42 Å². The molecule has 0 N–H and O–H groups in total. The Bertz CT molecular complexity index is 2580. The summed E-state index contributed by atoms with van der Waals surface area (Å²) in [7, 11) is 0. The van der Waals surface area contributed by atoms with Crippen molar-refractivity contribution in [2.24, 2.45) is 0 Å². The summed E-state index contributed by atoms with van der Waals surface area (Å²) in [6, 6.07) is 56.0. The number of hydrogen-bond acceptors (Lipinski definition) is 2. The molecule has 48 heavy (non-hydrogen) atoms. The van der Waals surface area contributed by atoms with E-state index in [1.165, 1.54) is 67.0 Å². The highest BCUT2D eigenvalue weighted by Gasteiger charge is 2.54. The van der Waals surface area contributed by atoms with Crippen LogP contribution in [0.25, 0.3) is 44.2 Å². The minimum absolute atomic E-state index is 0.179. The summed E-state index contributed by atoms with van der Waals surface area (Å²) in [5.74, 6) is 0. The van der Waals surface area contributed by atoms with Gasteiger partial charge >= 0.3 is 0 Å². The third-order valence-electron chi connectivity index (χ3n) is 11.5. The lowest BCUT2D eigenvalue weighted by atomic mass is 9.69. The monoisotopic (exact) mass is 613 g/mol. The summed E-state index contributed by atoms with van der Waals surface area (Å²) >= 11 is 0. The van der Waals surface area contributed by atoms with Crippen LogP contribution in [0, 0.1) is 0 Å². The van der Waals surface area contributed by atoms with E-state index in [4.69, 9.17) is 4.42 Å². The summed E-state index contributed by atoms with van der Waals surface area (Å²) in [5.41, 5.74) is 17.7. The van der Waals surface area contributed by atoms with Crippen LogP contribution in [0.4, 0.5) is 17.1 Å². The molecular formula is C46H31NO. The number of rotatable bonds is 1. The fourth-order valence-corrected chi connectivity index (χ4v) is 9.53. The van der Waals surface area contributed by atoms with E-state index in [0.29, 0.717) is 0 Å². The van der Waals surface area contributed by atoms with E-state index in [0.717, 1.165) is 27.6 Å². The Morgan fingerprint density at radius 2 is 0.917 bits per heavy atom. The van der Waals surface area contributed by atoms with Crippen molar-refractivity contribution in [1.29, 1.82) is 0 Å². The molecule has 0 bridgehead atoms. The molecule has 0 atom stereocenters. The average molecular weight is 614 g/mol. The lowest BCUT2D eigenvalue weighted by Crippen LogP contribution is -2.33. The van der Waals surface area contributed by atoms with Crippen LogP contribution >= 0.6 is 0 Å². The molecule has 1 spiro atoms. The van der Waals surface area contributed by atoms with Gasteiger partial charge in [0, 0.05) is 21.8 Å². The Hall–Kier alpha value is -5.86. The lowest BCUT2D eigenvalue weighted by molar-refractivity contribution is 0.629. The first-order chi connectivity index (χ1) is 23.6. The smallest absolute Gasteiger partial charge is 0.159 e. The van der Waals surface area contributed by atoms with Gasteiger partial charge in [0.1, 0.15) is 5.58 Å². The van der Waals surface area contributed by atoms with Gasteiger partial charge in [-0.1, -0.05) is 141 Å². The molecule has 1 aromatic heterocycles. The highest BCUT2D eigenvalue weighted by molar-refractivity contribution is 6.16. The Morgan fingerprint density at radius 1 is 0.458 bits per heavy atom. The van der Waals surface area contributed by atoms with Crippen LogP contribution < -0.4 is 4.90 Å². The second kappa shape index (κ2) is 8.93. The molecular weight excluding hydrogens is 583 g/mol. The van der Waals surface area contributed by atoms with Crippen LogP contribution in [0.2, 0.25) is 0 Å². The third kappa shape index (κ3) is 2.96. The van der Waals surface area contributed by atoms with Gasteiger partial charge in [0.2, 0.25) is 0 Å². The zero-order chi connectivity index (χ0) is 31.8. The van der Waals surface area contributed by atoms with Gasteiger partial charge in [-0.15, -0.1) is 0 Å². The van der Waals surface area contributed by atoms with E-state index in [9.17, 15) is 0 Å². The fraction of sp³-hybridized carbons (Fsp3) is 0.0870. The van der Waals surface area contributed by atoms with Gasteiger partial charge in [-0.05, 0) is 74.3 Å². The highest BCUT2D eigenvalue weighted by atomic mass is 16.3. The fourth-order valence-electron chi connectivity index (χ4n) is 9.53.